The third-order valence-corrected chi connectivity index (χ3v) is 6.34. The van der Waals surface area contributed by atoms with Crippen LogP contribution < -0.4 is 10.6 Å². The Morgan fingerprint density at radius 2 is 1.42 bits per heavy atom. The molecule has 4 fully saturated rings. The molecule has 5 rings (SSSR count). The summed E-state index contributed by atoms with van der Waals surface area (Å²) >= 11 is 0. The van der Waals surface area contributed by atoms with Gasteiger partial charge in [0, 0.05) is 11.2 Å². The van der Waals surface area contributed by atoms with Gasteiger partial charge in [0.25, 0.3) is 0 Å². The molecule has 1 aromatic carbocycles. The highest BCUT2D eigenvalue weighted by atomic mass is 16.2. The number of benzene rings is 1. The zero-order chi connectivity index (χ0) is 16.9. The summed E-state index contributed by atoms with van der Waals surface area (Å²) in [5, 5.41) is 5.94. The first kappa shape index (κ1) is 15.7. The van der Waals surface area contributed by atoms with Crippen molar-refractivity contribution >= 4 is 17.5 Å². The van der Waals surface area contributed by atoms with E-state index in [2.05, 4.69) is 10.6 Å². The Kier molecular flexibility index (Phi) is 3.66. The molecule has 1 aromatic rings. The molecule has 0 aromatic heterocycles. The number of amides is 2. The monoisotopic (exact) mass is 326 g/mol. The van der Waals surface area contributed by atoms with Gasteiger partial charge in [-0.2, -0.15) is 0 Å². The van der Waals surface area contributed by atoms with E-state index in [1.54, 1.807) is 0 Å². The van der Waals surface area contributed by atoms with Crippen LogP contribution in [0.1, 0.15) is 49.7 Å². The van der Waals surface area contributed by atoms with Crippen molar-refractivity contribution in [3.63, 3.8) is 0 Å². The van der Waals surface area contributed by atoms with Crippen LogP contribution in [0.15, 0.2) is 18.2 Å². The van der Waals surface area contributed by atoms with Crippen LogP contribution in [0.5, 0.6) is 0 Å². The highest BCUT2D eigenvalue weighted by molar-refractivity contribution is 6.40. The van der Waals surface area contributed by atoms with Crippen LogP contribution in [-0.4, -0.2) is 17.4 Å². The summed E-state index contributed by atoms with van der Waals surface area (Å²) in [5.74, 6) is 1.23. The van der Waals surface area contributed by atoms with Gasteiger partial charge in [-0.15, -0.1) is 0 Å². The van der Waals surface area contributed by atoms with Crippen molar-refractivity contribution < 1.29 is 9.59 Å². The second kappa shape index (κ2) is 5.61. The number of rotatable bonds is 2. The molecule has 4 nitrogen and oxygen atoms in total. The quantitative estimate of drug-likeness (QED) is 0.819. The number of nitrogens with one attached hydrogen (secondary N) is 2. The standard InChI is InChI=1S/C20H26N2O2/c1-12-4-3-5-13(2)17(12)21-18(23)19(24)22-20-9-14-6-15(10-20)8-16(7-14)11-20/h3-5,14-16H,6-11H2,1-2H3,(H,21,23)(H,22,24). The van der Waals surface area contributed by atoms with E-state index in [0.717, 1.165) is 53.8 Å². The first-order valence-electron chi connectivity index (χ1n) is 9.14. The molecule has 2 amide bonds. The third kappa shape index (κ3) is 2.72. The van der Waals surface area contributed by atoms with Gasteiger partial charge < -0.3 is 10.6 Å². The van der Waals surface area contributed by atoms with Gasteiger partial charge in [0.15, 0.2) is 0 Å². The lowest BCUT2D eigenvalue weighted by Crippen LogP contribution is -2.61. The minimum atomic E-state index is -0.539. The molecule has 0 unspecified atom stereocenters. The lowest BCUT2D eigenvalue weighted by Gasteiger charge is -2.56. The molecule has 4 saturated carbocycles. The molecule has 0 radical (unpaired) electrons. The van der Waals surface area contributed by atoms with E-state index in [0.29, 0.717) is 0 Å². The van der Waals surface area contributed by atoms with Gasteiger partial charge in [0.05, 0.1) is 0 Å². The highest BCUT2D eigenvalue weighted by Crippen LogP contribution is 2.55. The minimum Gasteiger partial charge on any atom is -0.342 e. The number of hydrogen-bond donors (Lipinski definition) is 2. The lowest BCUT2D eigenvalue weighted by molar-refractivity contribution is -0.139. The summed E-state index contributed by atoms with van der Waals surface area (Å²) in [4.78, 5) is 24.9. The number of para-hydroxylation sites is 1. The third-order valence-electron chi connectivity index (χ3n) is 6.34. The topological polar surface area (TPSA) is 58.2 Å². The molecular weight excluding hydrogens is 300 g/mol. The zero-order valence-corrected chi connectivity index (χ0v) is 14.5. The summed E-state index contributed by atoms with van der Waals surface area (Å²) < 4.78 is 0. The fourth-order valence-electron chi connectivity index (χ4n) is 5.74. The van der Waals surface area contributed by atoms with Gasteiger partial charge in [0.1, 0.15) is 0 Å². The van der Waals surface area contributed by atoms with Crippen LogP contribution >= 0.6 is 0 Å². The Balaban J connectivity index is 1.46. The largest absolute Gasteiger partial charge is 0.342 e. The molecule has 0 atom stereocenters. The predicted octanol–water partition coefficient (Wildman–Crippen LogP) is 3.33. The maximum Gasteiger partial charge on any atom is 0.313 e. The molecule has 0 heterocycles. The summed E-state index contributed by atoms with van der Waals surface area (Å²) in [5.41, 5.74) is 2.59. The van der Waals surface area contributed by atoms with E-state index < -0.39 is 11.8 Å². The lowest BCUT2D eigenvalue weighted by atomic mass is 9.53. The van der Waals surface area contributed by atoms with Gasteiger partial charge in [-0.1, -0.05) is 18.2 Å². The second-order valence-corrected chi connectivity index (χ2v) is 8.37. The van der Waals surface area contributed by atoms with Crippen molar-refractivity contribution in [2.45, 2.75) is 57.9 Å². The van der Waals surface area contributed by atoms with E-state index in [9.17, 15) is 9.59 Å². The average Bonchev–Trinajstić information content (AvgIpc) is 2.49. The van der Waals surface area contributed by atoms with Crippen molar-refractivity contribution in [2.24, 2.45) is 17.8 Å². The SMILES string of the molecule is Cc1cccc(C)c1NC(=O)C(=O)NC12CC3CC(CC(C3)C1)C2. The molecule has 4 aliphatic rings. The second-order valence-electron chi connectivity index (χ2n) is 8.37. The molecule has 4 aliphatic carbocycles. The van der Waals surface area contributed by atoms with E-state index in [1.165, 1.54) is 19.3 Å². The predicted molar refractivity (Wildman–Crippen MR) is 93.6 cm³/mol. The molecule has 0 spiro atoms. The summed E-state index contributed by atoms with van der Waals surface area (Å²) in [6, 6.07) is 5.84. The average molecular weight is 326 g/mol. The van der Waals surface area contributed by atoms with E-state index in [-0.39, 0.29) is 5.54 Å². The fourth-order valence-corrected chi connectivity index (χ4v) is 5.74. The van der Waals surface area contributed by atoms with E-state index in [1.807, 2.05) is 32.0 Å². The van der Waals surface area contributed by atoms with Crippen LogP contribution in [0.4, 0.5) is 5.69 Å². The Hall–Kier alpha value is -1.84. The Bertz CT molecular complexity index is 639. The molecule has 128 valence electrons. The van der Waals surface area contributed by atoms with Crippen molar-refractivity contribution in [1.82, 2.24) is 5.32 Å². The minimum absolute atomic E-state index is 0.121. The van der Waals surface area contributed by atoms with Crippen LogP contribution in [0.2, 0.25) is 0 Å². The van der Waals surface area contributed by atoms with Crippen LogP contribution in [-0.2, 0) is 9.59 Å². The molecule has 24 heavy (non-hydrogen) atoms. The van der Waals surface area contributed by atoms with Crippen molar-refractivity contribution in [3.8, 4) is 0 Å². The van der Waals surface area contributed by atoms with Crippen LogP contribution in [0.25, 0.3) is 0 Å². The molecule has 4 bridgehead atoms. The summed E-state index contributed by atoms with van der Waals surface area (Å²) in [6.45, 7) is 3.89. The Morgan fingerprint density at radius 3 is 1.92 bits per heavy atom. The smallest absolute Gasteiger partial charge is 0.313 e. The number of hydrogen-bond acceptors (Lipinski definition) is 2. The zero-order valence-electron chi connectivity index (χ0n) is 14.5. The van der Waals surface area contributed by atoms with Crippen LogP contribution in [0.3, 0.4) is 0 Å². The Labute approximate surface area is 143 Å². The number of anilines is 1. The van der Waals surface area contributed by atoms with Gasteiger partial charge >= 0.3 is 11.8 Å². The molecular formula is C20H26N2O2. The summed E-state index contributed by atoms with van der Waals surface area (Å²) in [6.07, 6.45) is 7.14. The van der Waals surface area contributed by atoms with E-state index >= 15 is 0 Å². The van der Waals surface area contributed by atoms with Crippen molar-refractivity contribution in [2.75, 3.05) is 5.32 Å². The van der Waals surface area contributed by atoms with Gasteiger partial charge in [-0.3, -0.25) is 9.59 Å². The van der Waals surface area contributed by atoms with Crippen LogP contribution in [0, 0.1) is 31.6 Å². The van der Waals surface area contributed by atoms with Crippen molar-refractivity contribution in [1.29, 1.82) is 0 Å². The number of carbonyl (C=O) groups excluding carboxylic acids is 2. The number of aryl methyl sites for hydroxylation is 2. The molecule has 0 aliphatic heterocycles. The van der Waals surface area contributed by atoms with Gasteiger partial charge in [0.2, 0.25) is 0 Å². The van der Waals surface area contributed by atoms with Gasteiger partial charge in [-0.05, 0) is 81.3 Å². The molecule has 4 heteroatoms. The first-order valence-corrected chi connectivity index (χ1v) is 9.14. The maximum absolute atomic E-state index is 12.5. The summed E-state index contributed by atoms with van der Waals surface area (Å²) in [7, 11) is 0. The Morgan fingerprint density at radius 1 is 0.917 bits per heavy atom. The first-order chi connectivity index (χ1) is 11.4. The van der Waals surface area contributed by atoms with Gasteiger partial charge in [-0.25, -0.2) is 0 Å². The maximum atomic E-state index is 12.5. The fraction of sp³-hybridized carbons (Fsp3) is 0.600. The number of carbonyl (C=O) groups is 2. The normalized spacial score (nSPS) is 33.3. The molecule has 2 N–H and O–H groups in total. The van der Waals surface area contributed by atoms with Crippen molar-refractivity contribution in [3.05, 3.63) is 29.3 Å². The van der Waals surface area contributed by atoms with E-state index in [4.69, 9.17) is 0 Å². The molecule has 0 saturated heterocycles. The highest BCUT2D eigenvalue weighted by Gasteiger charge is 2.51.